The Bertz CT molecular complexity index is 436. The van der Waals surface area contributed by atoms with Crippen LogP contribution in [0.15, 0.2) is 24.3 Å². The number of carbonyl (C=O) groups is 1. The summed E-state index contributed by atoms with van der Waals surface area (Å²) >= 11 is 0. The maximum Gasteiger partial charge on any atom is 0.223 e. The SMILES string of the molecule is COc1ccc(CNC(=O)CC2(O)CCCCC2)cc1. The first-order valence-electron chi connectivity index (χ1n) is 7.23. The fraction of sp³-hybridized carbons (Fsp3) is 0.562. The van der Waals surface area contributed by atoms with Crippen LogP contribution in [0.4, 0.5) is 0 Å². The molecule has 1 fully saturated rings. The van der Waals surface area contributed by atoms with Gasteiger partial charge in [-0.05, 0) is 30.5 Å². The van der Waals surface area contributed by atoms with Gasteiger partial charge in [-0.15, -0.1) is 0 Å². The van der Waals surface area contributed by atoms with Gasteiger partial charge in [0.15, 0.2) is 0 Å². The Morgan fingerprint density at radius 3 is 2.50 bits per heavy atom. The van der Waals surface area contributed by atoms with Gasteiger partial charge in [0, 0.05) is 6.54 Å². The van der Waals surface area contributed by atoms with Gasteiger partial charge in [-0.1, -0.05) is 31.4 Å². The van der Waals surface area contributed by atoms with Crippen molar-refractivity contribution in [1.82, 2.24) is 5.32 Å². The quantitative estimate of drug-likeness (QED) is 0.869. The molecule has 1 aromatic rings. The van der Waals surface area contributed by atoms with Crippen molar-refractivity contribution in [3.8, 4) is 5.75 Å². The molecule has 110 valence electrons. The van der Waals surface area contributed by atoms with Gasteiger partial charge in [-0.2, -0.15) is 0 Å². The zero-order chi connectivity index (χ0) is 14.4. The Labute approximate surface area is 120 Å². The fourth-order valence-electron chi connectivity index (χ4n) is 2.69. The summed E-state index contributed by atoms with van der Waals surface area (Å²) in [6, 6.07) is 7.59. The van der Waals surface area contributed by atoms with E-state index in [4.69, 9.17) is 4.74 Å². The molecule has 0 atom stereocenters. The van der Waals surface area contributed by atoms with Gasteiger partial charge in [-0.25, -0.2) is 0 Å². The van der Waals surface area contributed by atoms with Crippen molar-refractivity contribution in [3.63, 3.8) is 0 Å². The third-order valence-corrected chi connectivity index (χ3v) is 3.92. The maximum atomic E-state index is 11.9. The Morgan fingerprint density at radius 2 is 1.90 bits per heavy atom. The van der Waals surface area contributed by atoms with E-state index in [0.29, 0.717) is 6.54 Å². The largest absolute Gasteiger partial charge is 0.497 e. The summed E-state index contributed by atoms with van der Waals surface area (Å²) in [5.41, 5.74) is 0.234. The second-order valence-electron chi connectivity index (χ2n) is 5.59. The van der Waals surface area contributed by atoms with E-state index in [2.05, 4.69) is 5.32 Å². The van der Waals surface area contributed by atoms with E-state index in [1.54, 1.807) is 7.11 Å². The smallest absolute Gasteiger partial charge is 0.223 e. The second-order valence-corrected chi connectivity index (χ2v) is 5.59. The zero-order valence-electron chi connectivity index (χ0n) is 12.0. The van der Waals surface area contributed by atoms with Crippen molar-refractivity contribution in [2.45, 2.75) is 50.7 Å². The molecule has 0 heterocycles. The molecule has 4 heteroatoms. The lowest BCUT2D eigenvalue weighted by molar-refractivity contribution is -0.127. The lowest BCUT2D eigenvalue weighted by Gasteiger charge is -2.31. The molecule has 2 rings (SSSR count). The summed E-state index contributed by atoms with van der Waals surface area (Å²) in [7, 11) is 1.63. The average Bonchev–Trinajstić information content (AvgIpc) is 2.46. The van der Waals surface area contributed by atoms with E-state index in [0.717, 1.165) is 43.4 Å². The highest BCUT2D eigenvalue weighted by Crippen LogP contribution is 2.30. The number of rotatable bonds is 5. The van der Waals surface area contributed by atoms with Crippen LogP contribution in [0.2, 0.25) is 0 Å². The summed E-state index contributed by atoms with van der Waals surface area (Å²) < 4.78 is 5.09. The topological polar surface area (TPSA) is 58.6 Å². The predicted octanol–water partition coefficient (Wildman–Crippen LogP) is 2.40. The number of carbonyl (C=O) groups excluding carboxylic acids is 1. The molecule has 1 amide bonds. The number of benzene rings is 1. The van der Waals surface area contributed by atoms with E-state index in [9.17, 15) is 9.90 Å². The molecule has 0 spiro atoms. The summed E-state index contributed by atoms with van der Waals surface area (Å²) in [5.74, 6) is 0.724. The molecule has 0 radical (unpaired) electrons. The highest BCUT2D eigenvalue weighted by Gasteiger charge is 2.31. The normalized spacial score (nSPS) is 17.5. The number of nitrogens with one attached hydrogen (secondary N) is 1. The lowest BCUT2D eigenvalue weighted by atomic mass is 9.82. The van der Waals surface area contributed by atoms with Crippen molar-refractivity contribution in [2.75, 3.05) is 7.11 Å². The highest BCUT2D eigenvalue weighted by atomic mass is 16.5. The first-order valence-corrected chi connectivity index (χ1v) is 7.23. The molecule has 20 heavy (non-hydrogen) atoms. The minimum Gasteiger partial charge on any atom is -0.497 e. The molecular formula is C16H23NO3. The van der Waals surface area contributed by atoms with Crippen LogP contribution >= 0.6 is 0 Å². The van der Waals surface area contributed by atoms with Crippen LogP contribution in [0.5, 0.6) is 5.75 Å². The second kappa shape index (κ2) is 6.75. The number of methoxy groups -OCH3 is 1. The molecule has 0 bridgehead atoms. The molecular weight excluding hydrogens is 254 g/mol. The summed E-state index contributed by atoms with van der Waals surface area (Å²) in [4.78, 5) is 11.9. The molecule has 0 aliphatic heterocycles. The zero-order valence-corrected chi connectivity index (χ0v) is 12.0. The van der Waals surface area contributed by atoms with Crippen LogP contribution < -0.4 is 10.1 Å². The molecule has 0 unspecified atom stereocenters. The Hall–Kier alpha value is -1.55. The van der Waals surface area contributed by atoms with Crippen LogP contribution in [0.3, 0.4) is 0 Å². The standard InChI is InChI=1S/C16H23NO3/c1-20-14-7-5-13(6-8-14)12-17-15(18)11-16(19)9-3-2-4-10-16/h5-8,19H,2-4,9-12H2,1H3,(H,17,18). The highest BCUT2D eigenvalue weighted by molar-refractivity contribution is 5.77. The van der Waals surface area contributed by atoms with Gasteiger partial charge in [0.25, 0.3) is 0 Å². The van der Waals surface area contributed by atoms with Crippen molar-refractivity contribution < 1.29 is 14.6 Å². The van der Waals surface area contributed by atoms with Crippen LogP contribution in [0.1, 0.15) is 44.1 Å². The number of hydrogen-bond donors (Lipinski definition) is 2. The first kappa shape index (κ1) is 14.9. The molecule has 1 aliphatic rings. The van der Waals surface area contributed by atoms with Crippen LogP contribution in [0, 0.1) is 0 Å². The Kier molecular flexibility index (Phi) is 5.01. The average molecular weight is 277 g/mol. The van der Waals surface area contributed by atoms with Gasteiger partial charge in [0.05, 0.1) is 19.1 Å². The fourth-order valence-corrected chi connectivity index (χ4v) is 2.69. The van der Waals surface area contributed by atoms with Gasteiger partial charge in [0.1, 0.15) is 5.75 Å². The summed E-state index contributed by atoms with van der Waals surface area (Å²) in [5, 5.41) is 13.2. The van der Waals surface area contributed by atoms with E-state index < -0.39 is 5.60 Å². The van der Waals surface area contributed by atoms with E-state index in [-0.39, 0.29) is 12.3 Å². The molecule has 1 saturated carbocycles. The van der Waals surface area contributed by atoms with Gasteiger partial charge < -0.3 is 15.2 Å². The van der Waals surface area contributed by atoms with Gasteiger partial charge in [0.2, 0.25) is 5.91 Å². The minimum atomic E-state index is -0.789. The number of aliphatic hydroxyl groups is 1. The Balaban J connectivity index is 1.79. The number of hydrogen-bond acceptors (Lipinski definition) is 3. The van der Waals surface area contributed by atoms with Crippen molar-refractivity contribution in [1.29, 1.82) is 0 Å². The summed E-state index contributed by atoms with van der Waals surface area (Å²) in [6.07, 6.45) is 4.88. The van der Waals surface area contributed by atoms with Crippen molar-refractivity contribution >= 4 is 5.91 Å². The monoisotopic (exact) mass is 277 g/mol. The van der Waals surface area contributed by atoms with Gasteiger partial charge >= 0.3 is 0 Å². The third kappa shape index (κ3) is 4.23. The van der Waals surface area contributed by atoms with E-state index in [1.165, 1.54) is 0 Å². The predicted molar refractivity (Wildman–Crippen MR) is 77.5 cm³/mol. The van der Waals surface area contributed by atoms with Crippen LogP contribution in [0.25, 0.3) is 0 Å². The van der Waals surface area contributed by atoms with Crippen molar-refractivity contribution in [3.05, 3.63) is 29.8 Å². The maximum absolute atomic E-state index is 11.9. The van der Waals surface area contributed by atoms with Crippen molar-refractivity contribution in [2.24, 2.45) is 0 Å². The molecule has 0 aromatic heterocycles. The van der Waals surface area contributed by atoms with E-state index in [1.807, 2.05) is 24.3 Å². The minimum absolute atomic E-state index is 0.0785. The van der Waals surface area contributed by atoms with Crippen LogP contribution in [-0.2, 0) is 11.3 Å². The number of ether oxygens (including phenoxy) is 1. The molecule has 1 aromatic carbocycles. The molecule has 0 saturated heterocycles. The molecule has 1 aliphatic carbocycles. The first-order chi connectivity index (χ1) is 9.61. The number of amides is 1. The summed E-state index contributed by atoms with van der Waals surface area (Å²) in [6.45, 7) is 0.485. The molecule has 2 N–H and O–H groups in total. The van der Waals surface area contributed by atoms with E-state index >= 15 is 0 Å². The third-order valence-electron chi connectivity index (χ3n) is 3.92. The Morgan fingerprint density at radius 1 is 1.25 bits per heavy atom. The molecule has 4 nitrogen and oxygen atoms in total. The van der Waals surface area contributed by atoms with Crippen LogP contribution in [-0.4, -0.2) is 23.7 Å². The van der Waals surface area contributed by atoms with Gasteiger partial charge in [-0.3, -0.25) is 4.79 Å². The lowest BCUT2D eigenvalue weighted by Crippen LogP contribution is -2.38.